The van der Waals surface area contributed by atoms with E-state index in [4.69, 9.17) is 4.99 Å². The Morgan fingerprint density at radius 1 is 0.957 bits per heavy atom. The van der Waals surface area contributed by atoms with Gasteiger partial charge in [-0.15, -0.1) is 0 Å². The maximum Gasteiger partial charge on any atom is 0.101 e. The number of pyridine rings is 1. The highest BCUT2D eigenvalue weighted by Gasteiger charge is 2.42. The van der Waals surface area contributed by atoms with Crippen molar-refractivity contribution in [1.82, 2.24) is 4.98 Å². The van der Waals surface area contributed by atoms with Crippen LogP contribution in [0.3, 0.4) is 0 Å². The minimum absolute atomic E-state index is 0.0783. The van der Waals surface area contributed by atoms with Gasteiger partial charge >= 0.3 is 0 Å². The Kier molecular flexibility index (Phi) is 2.69. The maximum absolute atomic E-state index is 4.96. The molecule has 5 rings (SSSR count). The minimum Gasteiger partial charge on any atom is -0.284 e. The molecule has 23 heavy (non-hydrogen) atoms. The summed E-state index contributed by atoms with van der Waals surface area (Å²) in [6, 6.07) is 19.4. The van der Waals surface area contributed by atoms with Crippen molar-refractivity contribution in [3.63, 3.8) is 0 Å². The van der Waals surface area contributed by atoms with E-state index < -0.39 is 0 Å². The third-order valence-corrected chi connectivity index (χ3v) is 5.44. The van der Waals surface area contributed by atoms with Crippen LogP contribution in [0.1, 0.15) is 42.0 Å². The summed E-state index contributed by atoms with van der Waals surface area (Å²) in [7, 11) is 0. The van der Waals surface area contributed by atoms with Gasteiger partial charge in [0.05, 0.1) is 5.52 Å². The summed E-state index contributed by atoms with van der Waals surface area (Å²) in [6.45, 7) is 0. The number of aliphatic imine (C=N–C) groups is 1. The van der Waals surface area contributed by atoms with E-state index in [0.717, 1.165) is 5.52 Å². The van der Waals surface area contributed by atoms with Crippen LogP contribution >= 0.6 is 0 Å². The Hall–Kier alpha value is -2.48. The molecule has 1 spiro atoms. The monoisotopic (exact) mass is 298 g/mol. The SMILES string of the molecule is C1=NC(c2cnc3ccccc3c2)c2ccccc2C12CCC2. The molecule has 1 aromatic heterocycles. The average Bonchev–Trinajstić information content (AvgIpc) is 2.59. The van der Waals surface area contributed by atoms with Crippen LogP contribution in [-0.2, 0) is 5.41 Å². The first kappa shape index (κ1) is 13.0. The first-order valence-corrected chi connectivity index (χ1v) is 8.34. The number of benzene rings is 2. The molecule has 1 fully saturated rings. The molecule has 112 valence electrons. The lowest BCUT2D eigenvalue weighted by Gasteiger charge is -2.43. The fraction of sp³-hybridized carbons (Fsp3) is 0.238. The van der Waals surface area contributed by atoms with Gasteiger partial charge in [0.2, 0.25) is 0 Å². The van der Waals surface area contributed by atoms with Crippen molar-refractivity contribution in [2.45, 2.75) is 30.7 Å². The molecule has 2 nitrogen and oxygen atoms in total. The predicted molar refractivity (Wildman–Crippen MR) is 94.0 cm³/mol. The second-order valence-corrected chi connectivity index (χ2v) is 6.74. The van der Waals surface area contributed by atoms with Gasteiger partial charge < -0.3 is 0 Å². The summed E-state index contributed by atoms with van der Waals surface area (Å²) in [5.74, 6) is 0. The molecule has 2 aromatic carbocycles. The molecular formula is C21H18N2. The lowest BCUT2D eigenvalue weighted by atomic mass is 9.62. The second-order valence-electron chi connectivity index (χ2n) is 6.74. The maximum atomic E-state index is 4.96. The van der Waals surface area contributed by atoms with Crippen LogP contribution < -0.4 is 0 Å². The van der Waals surface area contributed by atoms with Crippen LogP contribution in [0.4, 0.5) is 0 Å². The smallest absolute Gasteiger partial charge is 0.101 e. The highest BCUT2D eigenvalue weighted by Crippen LogP contribution is 2.48. The van der Waals surface area contributed by atoms with Crippen LogP contribution in [0.15, 0.2) is 65.8 Å². The quantitative estimate of drug-likeness (QED) is 0.631. The zero-order valence-electron chi connectivity index (χ0n) is 12.9. The zero-order chi connectivity index (χ0) is 15.3. The topological polar surface area (TPSA) is 25.2 Å². The van der Waals surface area contributed by atoms with Gasteiger partial charge in [-0.3, -0.25) is 9.98 Å². The summed E-state index contributed by atoms with van der Waals surface area (Å²) in [4.78, 5) is 9.58. The van der Waals surface area contributed by atoms with Gasteiger partial charge in [-0.05, 0) is 41.7 Å². The third-order valence-electron chi connectivity index (χ3n) is 5.44. The van der Waals surface area contributed by atoms with E-state index in [1.165, 1.54) is 41.3 Å². The van der Waals surface area contributed by atoms with E-state index in [1.54, 1.807) is 0 Å². The summed E-state index contributed by atoms with van der Waals surface area (Å²) in [6.07, 6.45) is 7.98. The normalized spacial score (nSPS) is 21.1. The van der Waals surface area contributed by atoms with E-state index in [9.17, 15) is 0 Å². The van der Waals surface area contributed by atoms with Crippen molar-refractivity contribution in [3.05, 3.63) is 77.5 Å². The molecule has 1 aliphatic carbocycles. The van der Waals surface area contributed by atoms with Crippen LogP contribution in [0.2, 0.25) is 0 Å². The number of nitrogens with zero attached hydrogens (tertiary/aromatic N) is 2. The lowest BCUT2D eigenvalue weighted by molar-refractivity contribution is 0.339. The number of aromatic nitrogens is 1. The zero-order valence-corrected chi connectivity index (χ0v) is 12.9. The largest absolute Gasteiger partial charge is 0.284 e. The average molecular weight is 298 g/mol. The van der Waals surface area contributed by atoms with Crippen molar-refractivity contribution < 1.29 is 0 Å². The first-order valence-electron chi connectivity index (χ1n) is 8.34. The highest BCUT2D eigenvalue weighted by molar-refractivity contribution is 5.81. The Labute approximate surface area is 135 Å². The fourth-order valence-corrected chi connectivity index (χ4v) is 4.02. The molecule has 0 amide bonds. The summed E-state index contributed by atoms with van der Waals surface area (Å²) in [5.41, 5.74) is 5.25. The van der Waals surface area contributed by atoms with E-state index in [0.29, 0.717) is 0 Å². The second kappa shape index (κ2) is 4.76. The van der Waals surface area contributed by atoms with Crippen LogP contribution in [0.25, 0.3) is 10.9 Å². The van der Waals surface area contributed by atoms with E-state index >= 15 is 0 Å². The molecule has 1 unspecified atom stereocenters. The van der Waals surface area contributed by atoms with Crippen molar-refractivity contribution in [2.75, 3.05) is 0 Å². The molecule has 0 radical (unpaired) electrons. The van der Waals surface area contributed by atoms with Gasteiger partial charge in [0.15, 0.2) is 0 Å². The Morgan fingerprint density at radius 3 is 2.65 bits per heavy atom. The molecule has 2 heteroatoms. The Morgan fingerprint density at radius 2 is 1.78 bits per heavy atom. The molecule has 1 aliphatic heterocycles. The third kappa shape index (κ3) is 1.88. The lowest BCUT2D eigenvalue weighted by Crippen LogP contribution is -2.39. The van der Waals surface area contributed by atoms with E-state index in [-0.39, 0.29) is 11.5 Å². The molecule has 1 atom stereocenters. The molecular weight excluding hydrogens is 280 g/mol. The van der Waals surface area contributed by atoms with E-state index in [1.807, 2.05) is 12.3 Å². The first-order chi connectivity index (χ1) is 11.4. The van der Waals surface area contributed by atoms with Crippen LogP contribution in [0, 0.1) is 0 Å². The summed E-state index contributed by atoms with van der Waals surface area (Å²) >= 11 is 0. The molecule has 0 bridgehead atoms. The molecule has 2 heterocycles. The van der Waals surface area contributed by atoms with Crippen molar-refractivity contribution >= 4 is 17.1 Å². The minimum atomic E-state index is 0.0783. The Balaban J connectivity index is 1.66. The van der Waals surface area contributed by atoms with Gasteiger partial charge in [-0.2, -0.15) is 0 Å². The van der Waals surface area contributed by atoms with Crippen molar-refractivity contribution in [1.29, 1.82) is 0 Å². The number of rotatable bonds is 1. The van der Waals surface area contributed by atoms with Gasteiger partial charge in [0, 0.05) is 23.2 Å². The van der Waals surface area contributed by atoms with Gasteiger partial charge in [-0.25, -0.2) is 0 Å². The van der Waals surface area contributed by atoms with Gasteiger partial charge in [-0.1, -0.05) is 48.9 Å². The fourth-order valence-electron chi connectivity index (χ4n) is 4.02. The molecule has 0 N–H and O–H groups in total. The number of hydrogen-bond acceptors (Lipinski definition) is 2. The number of hydrogen-bond donors (Lipinski definition) is 0. The number of para-hydroxylation sites is 1. The molecule has 3 aromatic rings. The molecule has 2 aliphatic rings. The highest BCUT2D eigenvalue weighted by atomic mass is 14.8. The molecule has 0 saturated heterocycles. The van der Waals surface area contributed by atoms with Crippen molar-refractivity contribution in [3.8, 4) is 0 Å². The summed E-state index contributed by atoms with van der Waals surface area (Å²) < 4.78 is 0. The predicted octanol–water partition coefficient (Wildman–Crippen LogP) is 4.83. The van der Waals surface area contributed by atoms with Gasteiger partial charge in [0.25, 0.3) is 0 Å². The standard InChI is InChI=1S/C21H18N2/c1-4-9-19-15(6-1)12-16(13-22-19)20-17-7-2-3-8-18(17)21(14-23-20)10-5-11-21/h1-4,6-9,12-14,20H,5,10-11H2. The number of fused-ring (bicyclic) bond motifs is 3. The van der Waals surface area contributed by atoms with E-state index in [2.05, 4.69) is 59.7 Å². The summed E-state index contributed by atoms with van der Waals surface area (Å²) in [5, 5.41) is 1.18. The molecule has 1 saturated carbocycles. The Bertz CT molecular complexity index is 922. The van der Waals surface area contributed by atoms with Crippen molar-refractivity contribution in [2.24, 2.45) is 4.99 Å². The van der Waals surface area contributed by atoms with Gasteiger partial charge in [0.1, 0.15) is 6.04 Å². The van der Waals surface area contributed by atoms with Crippen LogP contribution in [0.5, 0.6) is 0 Å². The van der Waals surface area contributed by atoms with Crippen LogP contribution in [-0.4, -0.2) is 11.2 Å².